The number of nitrogens with one attached hydrogen (secondary N) is 2. The standard InChI is InChI=1S/C43H40N6O3S3/c1-43(2,3)31-19-22-34(23-20-31)52-26-37-47-48-41(49(37)33-17-11-6-12-18-33)53-27-38(50)44-32-21-24-35-36(25-32)55-42(45-35)54-28-39(51)46-40(29-13-7-4-8-14-29)30-15-9-5-10-16-30/h4-25,40H,26-28H2,1-3H3,(H,44,50)(H,46,51). The highest BCUT2D eigenvalue weighted by molar-refractivity contribution is 8.01. The zero-order valence-corrected chi connectivity index (χ0v) is 33.1. The van der Waals surface area contributed by atoms with E-state index in [2.05, 4.69) is 53.7 Å². The summed E-state index contributed by atoms with van der Waals surface area (Å²) >= 11 is 4.19. The van der Waals surface area contributed by atoms with Crippen LogP contribution >= 0.6 is 34.9 Å². The van der Waals surface area contributed by atoms with E-state index in [1.165, 1.54) is 40.4 Å². The van der Waals surface area contributed by atoms with Crippen molar-refractivity contribution in [2.45, 2.75) is 48.3 Å². The third-order valence-corrected chi connectivity index (χ3v) is 11.8. The van der Waals surface area contributed by atoms with Gasteiger partial charge < -0.3 is 15.4 Å². The van der Waals surface area contributed by atoms with Crippen molar-refractivity contribution in [3.8, 4) is 11.4 Å². The summed E-state index contributed by atoms with van der Waals surface area (Å²) in [5, 5.41) is 15.7. The van der Waals surface area contributed by atoms with Crippen LogP contribution in [-0.4, -0.2) is 43.1 Å². The van der Waals surface area contributed by atoms with Gasteiger partial charge in [0.25, 0.3) is 0 Å². The first kappa shape index (κ1) is 37.9. The molecule has 0 spiro atoms. The second-order valence-electron chi connectivity index (χ2n) is 13.7. The first-order valence-corrected chi connectivity index (χ1v) is 20.6. The van der Waals surface area contributed by atoms with Gasteiger partial charge in [0.15, 0.2) is 15.3 Å². The Morgan fingerprint density at radius 1 is 0.764 bits per heavy atom. The lowest BCUT2D eigenvalue weighted by molar-refractivity contribution is -0.119. The molecule has 0 aliphatic rings. The topological polar surface area (TPSA) is 111 Å². The number of para-hydroxylation sites is 1. The van der Waals surface area contributed by atoms with Gasteiger partial charge in [-0.2, -0.15) is 0 Å². The van der Waals surface area contributed by atoms with Crippen molar-refractivity contribution in [2.75, 3.05) is 16.8 Å². The van der Waals surface area contributed by atoms with Gasteiger partial charge in [-0.15, -0.1) is 21.5 Å². The number of hydrogen-bond acceptors (Lipinski definition) is 9. The molecular weight excluding hydrogens is 745 g/mol. The number of benzene rings is 5. The van der Waals surface area contributed by atoms with Gasteiger partial charge in [-0.1, -0.05) is 135 Å². The van der Waals surface area contributed by atoms with Crippen LogP contribution in [0.2, 0.25) is 0 Å². The number of ether oxygens (including phenoxy) is 1. The van der Waals surface area contributed by atoms with E-state index in [4.69, 9.17) is 9.72 Å². The summed E-state index contributed by atoms with van der Waals surface area (Å²) in [5.74, 6) is 1.47. The third kappa shape index (κ3) is 9.82. The molecule has 2 N–H and O–H groups in total. The van der Waals surface area contributed by atoms with Crippen LogP contribution in [0.5, 0.6) is 5.75 Å². The molecule has 0 aliphatic carbocycles. The van der Waals surface area contributed by atoms with Gasteiger partial charge in [0.05, 0.1) is 27.8 Å². The van der Waals surface area contributed by atoms with Crippen LogP contribution in [0.4, 0.5) is 5.69 Å². The maximum absolute atomic E-state index is 13.2. The molecule has 7 rings (SSSR count). The molecule has 7 aromatic rings. The minimum atomic E-state index is -0.247. The lowest BCUT2D eigenvalue weighted by atomic mass is 9.87. The largest absolute Gasteiger partial charge is 0.486 e. The van der Waals surface area contributed by atoms with Gasteiger partial charge in [-0.25, -0.2) is 4.98 Å². The Bertz CT molecular complexity index is 2320. The van der Waals surface area contributed by atoms with E-state index in [0.29, 0.717) is 16.7 Å². The SMILES string of the molecule is CC(C)(C)c1ccc(OCc2nnc(SCC(=O)Nc3ccc4nc(SCC(=O)NC(c5ccccc5)c5ccccc5)sc4c3)n2-c2ccccc2)cc1. The number of aromatic nitrogens is 4. The fraction of sp³-hybridized carbons (Fsp3) is 0.186. The Labute approximate surface area is 333 Å². The summed E-state index contributed by atoms with van der Waals surface area (Å²) in [6.45, 7) is 6.75. The molecule has 0 saturated carbocycles. The molecule has 278 valence electrons. The molecule has 12 heteroatoms. The molecule has 55 heavy (non-hydrogen) atoms. The lowest BCUT2D eigenvalue weighted by Gasteiger charge is -2.19. The van der Waals surface area contributed by atoms with Crippen molar-refractivity contribution in [1.29, 1.82) is 0 Å². The maximum atomic E-state index is 13.2. The highest BCUT2D eigenvalue weighted by Gasteiger charge is 2.19. The molecule has 0 atom stereocenters. The van der Waals surface area contributed by atoms with E-state index in [-0.39, 0.29) is 41.4 Å². The van der Waals surface area contributed by atoms with Crippen LogP contribution in [-0.2, 0) is 21.6 Å². The summed E-state index contributed by atoms with van der Waals surface area (Å²) in [5.41, 5.74) is 5.68. The maximum Gasteiger partial charge on any atom is 0.234 e. The zero-order chi connectivity index (χ0) is 38.2. The Kier molecular flexibility index (Phi) is 12.0. The number of rotatable bonds is 14. The van der Waals surface area contributed by atoms with E-state index in [1.54, 1.807) is 0 Å². The van der Waals surface area contributed by atoms with Gasteiger partial charge in [0.1, 0.15) is 12.4 Å². The third-order valence-electron chi connectivity index (χ3n) is 8.69. The molecule has 0 saturated heterocycles. The van der Waals surface area contributed by atoms with Crippen molar-refractivity contribution >= 4 is 62.6 Å². The highest BCUT2D eigenvalue weighted by Crippen LogP contribution is 2.32. The number of fused-ring (bicyclic) bond motifs is 1. The Morgan fingerprint density at radius 2 is 1.40 bits per heavy atom. The monoisotopic (exact) mass is 784 g/mol. The predicted octanol–water partition coefficient (Wildman–Crippen LogP) is 9.48. The molecule has 0 bridgehead atoms. The number of anilines is 1. The minimum Gasteiger partial charge on any atom is -0.486 e. The van der Waals surface area contributed by atoms with E-state index in [1.807, 2.05) is 126 Å². The second kappa shape index (κ2) is 17.4. The van der Waals surface area contributed by atoms with Crippen molar-refractivity contribution in [1.82, 2.24) is 25.1 Å². The van der Waals surface area contributed by atoms with Crippen LogP contribution in [0.1, 0.15) is 49.3 Å². The molecule has 0 unspecified atom stereocenters. The van der Waals surface area contributed by atoms with Crippen LogP contribution in [0.25, 0.3) is 15.9 Å². The van der Waals surface area contributed by atoms with Gasteiger partial charge in [-0.3, -0.25) is 14.2 Å². The van der Waals surface area contributed by atoms with Crippen LogP contribution in [0.15, 0.2) is 143 Å². The highest BCUT2D eigenvalue weighted by atomic mass is 32.2. The lowest BCUT2D eigenvalue weighted by Crippen LogP contribution is -2.30. The summed E-state index contributed by atoms with van der Waals surface area (Å²) in [7, 11) is 0. The summed E-state index contributed by atoms with van der Waals surface area (Å²) < 4.78 is 9.74. The molecular formula is C43H40N6O3S3. The smallest absolute Gasteiger partial charge is 0.234 e. The molecule has 0 fully saturated rings. The molecule has 5 aromatic carbocycles. The molecule has 2 heterocycles. The van der Waals surface area contributed by atoms with Gasteiger partial charge in [-0.05, 0) is 64.6 Å². The van der Waals surface area contributed by atoms with E-state index < -0.39 is 0 Å². The van der Waals surface area contributed by atoms with Crippen LogP contribution < -0.4 is 15.4 Å². The second-order valence-corrected chi connectivity index (χ2v) is 16.9. The Hall–Kier alpha value is -5.43. The van der Waals surface area contributed by atoms with Crippen molar-refractivity contribution in [3.05, 3.63) is 156 Å². The fourth-order valence-electron chi connectivity index (χ4n) is 5.87. The van der Waals surface area contributed by atoms with Crippen molar-refractivity contribution in [2.24, 2.45) is 0 Å². The van der Waals surface area contributed by atoms with E-state index >= 15 is 0 Å². The molecule has 2 aromatic heterocycles. The number of carbonyl (C=O) groups is 2. The number of thiazole rings is 1. The number of amides is 2. The summed E-state index contributed by atoms with van der Waals surface area (Å²) in [4.78, 5) is 31.0. The van der Waals surface area contributed by atoms with Crippen LogP contribution in [0.3, 0.4) is 0 Å². The van der Waals surface area contributed by atoms with Crippen LogP contribution in [0, 0.1) is 0 Å². The number of carbonyl (C=O) groups excluding carboxylic acids is 2. The fourth-order valence-corrected chi connectivity index (χ4v) is 8.56. The molecule has 2 amide bonds. The molecule has 9 nitrogen and oxygen atoms in total. The first-order valence-electron chi connectivity index (χ1n) is 17.8. The quantitative estimate of drug-likeness (QED) is 0.105. The number of thioether (sulfide) groups is 2. The van der Waals surface area contributed by atoms with E-state index in [0.717, 1.165) is 37.1 Å². The van der Waals surface area contributed by atoms with E-state index in [9.17, 15) is 9.59 Å². The minimum absolute atomic E-state index is 0.0546. The first-order chi connectivity index (χ1) is 26.7. The average molecular weight is 785 g/mol. The zero-order valence-electron chi connectivity index (χ0n) is 30.6. The normalized spacial score (nSPS) is 11.5. The van der Waals surface area contributed by atoms with Gasteiger partial charge >= 0.3 is 0 Å². The van der Waals surface area contributed by atoms with Gasteiger partial charge in [0.2, 0.25) is 11.8 Å². The average Bonchev–Trinajstić information content (AvgIpc) is 3.81. The Morgan fingerprint density at radius 3 is 2.05 bits per heavy atom. The molecule has 0 aliphatic heterocycles. The Balaban J connectivity index is 0.957. The summed E-state index contributed by atoms with van der Waals surface area (Å²) in [6.07, 6.45) is 0. The number of nitrogens with zero attached hydrogens (tertiary/aromatic N) is 4. The van der Waals surface area contributed by atoms with Gasteiger partial charge in [0, 0.05) is 11.4 Å². The van der Waals surface area contributed by atoms with Crippen molar-refractivity contribution in [3.63, 3.8) is 0 Å². The van der Waals surface area contributed by atoms with Crippen molar-refractivity contribution < 1.29 is 14.3 Å². The predicted molar refractivity (Wildman–Crippen MR) is 223 cm³/mol. The molecule has 0 radical (unpaired) electrons. The summed E-state index contributed by atoms with van der Waals surface area (Å²) in [6, 6.07) is 43.2. The number of hydrogen-bond donors (Lipinski definition) is 2.